The molecule has 7 heteroatoms. The number of carbonyl (C=O) groups excluding carboxylic acids is 1. The van der Waals surface area contributed by atoms with Gasteiger partial charge >= 0.3 is 6.03 Å². The second-order valence-electron chi connectivity index (χ2n) is 6.52. The van der Waals surface area contributed by atoms with E-state index in [4.69, 9.17) is 4.52 Å². The molecule has 1 aliphatic rings. The van der Waals surface area contributed by atoms with Gasteiger partial charge in [0.2, 0.25) is 0 Å². The van der Waals surface area contributed by atoms with Gasteiger partial charge in [0.15, 0.2) is 11.6 Å². The van der Waals surface area contributed by atoms with E-state index in [0.29, 0.717) is 18.7 Å². The van der Waals surface area contributed by atoms with Crippen LogP contribution in [0.2, 0.25) is 0 Å². The number of aliphatic hydroxyl groups excluding tert-OH is 1. The number of aliphatic hydroxyl groups is 1. The van der Waals surface area contributed by atoms with Gasteiger partial charge in [-0.05, 0) is 31.4 Å². The number of benzene rings is 1. The molecule has 1 unspecified atom stereocenters. The Morgan fingerprint density at radius 2 is 2.28 bits per heavy atom. The van der Waals surface area contributed by atoms with E-state index in [1.165, 1.54) is 12.1 Å². The Morgan fingerprint density at radius 3 is 3.00 bits per heavy atom. The smallest absolute Gasteiger partial charge is 0.323 e. The maximum Gasteiger partial charge on any atom is 0.323 e. The summed E-state index contributed by atoms with van der Waals surface area (Å²) < 4.78 is 18.9. The van der Waals surface area contributed by atoms with Crippen LogP contribution in [0.1, 0.15) is 26.2 Å². The van der Waals surface area contributed by atoms with Crippen LogP contribution in [0.4, 0.5) is 15.0 Å². The van der Waals surface area contributed by atoms with Crippen LogP contribution in [0.15, 0.2) is 34.9 Å². The van der Waals surface area contributed by atoms with Crippen LogP contribution in [0.25, 0.3) is 11.3 Å². The molecule has 1 aromatic heterocycles. The Hall–Kier alpha value is -2.41. The van der Waals surface area contributed by atoms with Crippen molar-refractivity contribution in [2.24, 2.45) is 5.41 Å². The van der Waals surface area contributed by atoms with E-state index >= 15 is 0 Å². The fourth-order valence-corrected chi connectivity index (χ4v) is 3.22. The number of amides is 2. The van der Waals surface area contributed by atoms with Crippen molar-refractivity contribution in [3.8, 4) is 11.3 Å². The first-order chi connectivity index (χ1) is 12.1. The van der Waals surface area contributed by atoms with E-state index in [9.17, 15) is 14.3 Å². The molecule has 2 N–H and O–H groups in total. The number of nitrogens with one attached hydrogen (secondary N) is 1. The Bertz CT molecular complexity index is 743. The first-order valence-electron chi connectivity index (χ1n) is 8.45. The molecule has 134 valence electrons. The number of likely N-dealkylation sites (tertiary alicyclic amines) is 1. The lowest BCUT2D eigenvalue weighted by molar-refractivity contribution is 0.0468. The van der Waals surface area contributed by atoms with Crippen molar-refractivity contribution < 1.29 is 18.8 Å². The van der Waals surface area contributed by atoms with Gasteiger partial charge in [0.05, 0.1) is 12.2 Å². The molecule has 0 radical (unpaired) electrons. The topological polar surface area (TPSA) is 78.6 Å². The maximum atomic E-state index is 13.8. The molecular weight excluding hydrogens is 325 g/mol. The second kappa shape index (κ2) is 7.23. The third-order valence-electron chi connectivity index (χ3n) is 4.92. The Morgan fingerprint density at radius 1 is 1.48 bits per heavy atom. The lowest BCUT2D eigenvalue weighted by atomic mass is 9.78. The predicted molar refractivity (Wildman–Crippen MR) is 91.5 cm³/mol. The minimum Gasteiger partial charge on any atom is -0.396 e. The summed E-state index contributed by atoms with van der Waals surface area (Å²) in [5, 5.41) is 16.1. The third kappa shape index (κ3) is 3.66. The van der Waals surface area contributed by atoms with Crippen LogP contribution in [0.3, 0.4) is 0 Å². The number of urea groups is 1. The number of aromatic nitrogens is 1. The highest BCUT2D eigenvalue weighted by molar-refractivity contribution is 5.88. The first-order valence-corrected chi connectivity index (χ1v) is 8.45. The SMILES string of the molecule is CCC1(CO)CCCN(C(=O)Nc2cc(-c3ccccc3F)on2)C1. The second-order valence-corrected chi connectivity index (χ2v) is 6.52. The van der Waals surface area contributed by atoms with Crippen LogP contribution in [0, 0.1) is 11.2 Å². The van der Waals surface area contributed by atoms with E-state index in [2.05, 4.69) is 10.5 Å². The van der Waals surface area contributed by atoms with Crippen LogP contribution < -0.4 is 5.32 Å². The quantitative estimate of drug-likeness (QED) is 0.887. The molecule has 0 aliphatic carbocycles. The van der Waals surface area contributed by atoms with Gasteiger partial charge in [-0.25, -0.2) is 9.18 Å². The van der Waals surface area contributed by atoms with Crippen LogP contribution in [0.5, 0.6) is 0 Å². The molecule has 2 heterocycles. The molecule has 3 rings (SSSR count). The van der Waals surface area contributed by atoms with Crippen molar-refractivity contribution in [3.05, 3.63) is 36.1 Å². The molecule has 1 fully saturated rings. The molecular formula is C18H22FN3O3. The number of rotatable bonds is 4. The first kappa shape index (κ1) is 17.4. The van der Waals surface area contributed by atoms with Gasteiger partial charge in [0, 0.05) is 24.6 Å². The van der Waals surface area contributed by atoms with E-state index in [0.717, 1.165) is 19.3 Å². The maximum absolute atomic E-state index is 13.8. The fraction of sp³-hybridized carbons (Fsp3) is 0.444. The number of hydrogen-bond donors (Lipinski definition) is 2. The van der Waals surface area contributed by atoms with Gasteiger partial charge < -0.3 is 14.5 Å². The van der Waals surface area contributed by atoms with Gasteiger partial charge in [-0.15, -0.1) is 0 Å². The third-order valence-corrected chi connectivity index (χ3v) is 4.92. The zero-order valence-electron chi connectivity index (χ0n) is 14.2. The summed E-state index contributed by atoms with van der Waals surface area (Å²) in [7, 11) is 0. The Balaban J connectivity index is 1.69. The number of anilines is 1. The summed E-state index contributed by atoms with van der Waals surface area (Å²) in [6, 6.07) is 7.42. The zero-order valence-corrected chi connectivity index (χ0v) is 14.2. The molecule has 25 heavy (non-hydrogen) atoms. The highest BCUT2D eigenvalue weighted by atomic mass is 19.1. The monoisotopic (exact) mass is 347 g/mol. The molecule has 1 atom stereocenters. The summed E-state index contributed by atoms with van der Waals surface area (Å²) in [5.74, 6) is 0.0773. The molecule has 2 aromatic rings. The van der Waals surface area contributed by atoms with Crippen molar-refractivity contribution >= 4 is 11.8 Å². The van der Waals surface area contributed by atoms with E-state index in [-0.39, 0.29) is 29.6 Å². The summed E-state index contributed by atoms with van der Waals surface area (Å²) in [4.78, 5) is 14.2. The summed E-state index contributed by atoms with van der Waals surface area (Å²) >= 11 is 0. The van der Waals surface area contributed by atoms with E-state index in [1.807, 2.05) is 6.92 Å². The molecule has 0 bridgehead atoms. The predicted octanol–water partition coefficient (Wildman–Crippen LogP) is 3.50. The van der Waals surface area contributed by atoms with Crippen molar-refractivity contribution in [1.29, 1.82) is 0 Å². The average molecular weight is 347 g/mol. The molecule has 2 amide bonds. The Labute approximate surface area is 145 Å². The molecule has 1 aliphatic heterocycles. The Kier molecular flexibility index (Phi) is 5.03. The van der Waals surface area contributed by atoms with Crippen LogP contribution >= 0.6 is 0 Å². The van der Waals surface area contributed by atoms with E-state index < -0.39 is 5.82 Å². The molecule has 1 saturated heterocycles. The normalized spacial score (nSPS) is 20.5. The van der Waals surface area contributed by atoms with Crippen molar-refractivity contribution in [2.45, 2.75) is 26.2 Å². The minimum absolute atomic E-state index is 0.0642. The lowest BCUT2D eigenvalue weighted by Gasteiger charge is -2.41. The van der Waals surface area contributed by atoms with Crippen molar-refractivity contribution in [3.63, 3.8) is 0 Å². The number of halogens is 1. The summed E-state index contributed by atoms with van der Waals surface area (Å²) in [5.41, 5.74) is 0.0522. The van der Waals surface area contributed by atoms with Gasteiger partial charge in [-0.2, -0.15) is 0 Å². The standard InChI is InChI=1S/C18H22FN3O3/c1-2-18(12-23)8-5-9-22(11-18)17(24)20-16-10-15(25-21-16)13-6-3-4-7-14(13)19/h3-4,6-7,10,23H,2,5,8-9,11-12H2,1H3,(H,20,21,24). The average Bonchev–Trinajstić information content (AvgIpc) is 3.10. The number of piperidine rings is 1. The molecule has 0 spiro atoms. The molecule has 6 nitrogen and oxygen atoms in total. The lowest BCUT2D eigenvalue weighted by Crippen LogP contribution is -2.49. The van der Waals surface area contributed by atoms with Gasteiger partial charge in [-0.3, -0.25) is 5.32 Å². The van der Waals surface area contributed by atoms with Crippen LogP contribution in [-0.2, 0) is 0 Å². The highest BCUT2D eigenvalue weighted by Crippen LogP contribution is 2.33. The van der Waals surface area contributed by atoms with Crippen molar-refractivity contribution in [2.75, 3.05) is 25.0 Å². The summed E-state index contributed by atoms with van der Waals surface area (Å²) in [6.07, 6.45) is 2.57. The number of carbonyl (C=O) groups is 1. The molecule has 0 saturated carbocycles. The van der Waals surface area contributed by atoms with Gasteiger partial charge in [0.1, 0.15) is 5.82 Å². The largest absolute Gasteiger partial charge is 0.396 e. The van der Waals surface area contributed by atoms with Crippen LogP contribution in [-0.4, -0.2) is 40.9 Å². The summed E-state index contributed by atoms with van der Waals surface area (Å²) in [6.45, 7) is 3.22. The number of nitrogens with zero attached hydrogens (tertiary/aromatic N) is 2. The molecule has 1 aromatic carbocycles. The van der Waals surface area contributed by atoms with Crippen molar-refractivity contribution in [1.82, 2.24) is 10.1 Å². The fourth-order valence-electron chi connectivity index (χ4n) is 3.22. The highest BCUT2D eigenvalue weighted by Gasteiger charge is 2.35. The number of hydrogen-bond acceptors (Lipinski definition) is 4. The minimum atomic E-state index is -0.414. The van der Waals surface area contributed by atoms with Gasteiger partial charge in [0.25, 0.3) is 0 Å². The zero-order chi connectivity index (χ0) is 17.9. The van der Waals surface area contributed by atoms with Gasteiger partial charge in [-0.1, -0.05) is 24.2 Å². The van der Waals surface area contributed by atoms with E-state index in [1.54, 1.807) is 23.1 Å².